The largest absolute Gasteiger partial charge is 0.348 e. The third-order valence-corrected chi connectivity index (χ3v) is 7.18. The molecule has 0 bridgehead atoms. The van der Waals surface area contributed by atoms with Gasteiger partial charge in [0.2, 0.25) is 10.0 Å². The van der Waals surface area contributed by atoms with Crippen molar-refractivity contribution in [2.45, 2.75) is 38.6 Å². The quantitative estimate of drug-likeness (QED) is 0.821. The van der Waals surface area contributed by atoms with E-state index in [9.17, 15) is 8.42 Å². The van der Waals surface area contributed by atoms with Crippen molar-refractivity contribution in [3.05, 3.63) is 29.1 Å². The Kier molecular flexibility index (Phi) is 4.24. The van der Waals surface area contributed by atoms with Crippen LogP contribution in [0.25, 0.3) is 11.3 Å². The summed E-state index contributed by atoms with van der Waals surface area (Å²) in [6, 6.07) is 5.99. The van der Waals surface area contributed by atoms with Crippen molar-refractivity contribution in [3.8, 4) is 11.3 Å². The van der Waals surface area contributed by atoms with Gasteiger partial charge in [0.1, 0.15) is 0 Å². The molecule has 25 heavy (non-hydrogen) atoms. The zero-order chi connectivity index (χ0) is 17.6. The number of anilines is 2. The highest BCUT2D eigenvalue weighted by molar-refractivity contribution is 7.92. The molecule has 4 rings (SSSR count). The maximum Gasteiger partial charge on any atom is 0.232 e. The first-order chi connectivity index (χ1) is 11.9. The average molecular weight is 378 g/mol. The summed E-state index contributed by atoms with van der Waals surface area (Å²) in [7, 11) is -3.24. The van der Waals surface area contributed by atoms with Crippen molar-refractivity contribution in [1.29, 1.82) is 0 Å². The summed E-state index contributed by atoms with van der Waals surface area (Å²) in [5.74, 6) is 0. The second-order valence-corrected chi connectivity index (χ2v) is 9.71. The Balaban J connectivity index is 1.63. The predicted octanol–water partition coefficient (Wildman–Crippen LogP) is 3.51. The van der Waals surface area contributed by atoms with E-state index in [0.717, 1.165) is 47.2 Å². The van der Waals surface area contributed by atoms with Gasteiger partial charge >= 0.3 is 0 Å². The Morgan fingerprint density at radius 3 is 2.68 bits per heavy atom. The molecular formula is C18H23N3O2S2. The van der Waals surface area contributed by atoms with E-state index in [-0.39, 0.29) is 6.04 Å². The molecule has 1 aromatic heterocycles. The van der Waals surface area contributed by atoms with Crippen LogP contribution < -0.4 is 9.21 Å². The van der Waals surface area contributed by atoms with Crippen LogP contribution >= 0.6 is 11.3 Å². The van der Waals surface area contributed by atoms with Crippen molar-refractivity contribution >= 4 is 32.2 Å². The van der Waals surface area contributed by atoms with E-state index < -0.39 is 10.0 Å². The molecule has 1 unspecified atom stereocenters. The van der Waals surface area contributed by atoms with Crippen molar-refractivity contribution in [2.24, 2.45) is 0 Å². The van der Waals surface area contributed by atoms with Crippen LogP contribution in [-0.2, 0) is 16.4 Å². The summed E-state index contributed by atoms with van der Waals surface area (Å²) in [6.07, 6.45) is 5.83. The Labute approximate surface area is 153 Å². The van der Waals surface area contributed by atoms with E-state index in [0.29, 0.717) is 0 Å². The summed E-state index contributed by atoms with van der Waals surface area (Å²) in [5, 5.41) is 3.21. The highest BCUT2D eigenvalue weighted by Gasteiger charge is 2.32. The lowest BCUT2D eigenvalue weighted by atomic mass is 10.1. The van der Waals surface area contributed by atoms with Gasteiger partial charge in [-0.25, -0.2) is 13.4 Å². The standard InChI is InChI=1S/C18H23N3O2S2/c1-13-10-15-11-14(6-7-17(15)21(13)25(2,22)23)16-12-24-18(19-16)20-8-4-3-5-9-20/h6-7,11-13H,3-5,8-10H2,1-2H3. The highest BCUT2D eigenvalue weighted by atomic mass is 32.2. The third-order valence-electron chi connectivity index (χ3n) is 5.00. The molecule has 1 saturated heterocycles. The first-order valence-electron chi connectivity index (χ1n) is 8.76. The predicted molar refractivity (Wildman–Crippen MR) is 104 cm³/mol. The molecular weight excluding hydrogens is 354 g/mol. The van der Waals surface area contributed by atoms with Gasteiger partial charge in [-0.05, 0) is 50.3 Å². The van der Waals surface area contributed by atoms with Gasteiger partial charge in [0.05, 0.1) is 17.6 Å². The van der Waals surface area contributed by atoms with Crippen LogP contribution in [0.2, 0.25) is 0 Å². The Morgan fingerprint density at radius 1 is 1.20 bits per heavy atom. The lowest BCUT2D eigenvalue weighted by Crippen LogP contribution is -2.34. The first kappa shape index (κ1) is 16.8. The number of aromatic nitrogens is 1. The van der Waals surface area contributed by atoms with Crippen molar-refractivity contribution < 1.29 is 8.42 Å². The Morgan fingerprint density at radius 2 is 1.96 bits per heavy atom. The summed E-state index contributed by atoms with van der Waals surface area (Å²) in [5.41, 5.74) is 3.95. The monoisotopic (exact) mass is 377 g/mol. The molecule has 2 aromatic rings. The number of benzene rings is 1. The van der Waals surface area contributed by atoms with Crippen molar-refractivity contribution in [2.75, 3.05) is 28.6 Å². The van der Waals surface area contributed by atoms with Crippen LogP contribution in [0.3, 0.4) is 0 Å². The number of hydrogen-bond donors (Lipinski definition) is 0. The molecule has 2 aliphatic heterocycles. The molecule has 1 atom stereocenters. The Hall–Kier alpha value is -1.60. The van der Waals surface area contributed by atoms with E-state index in [1.54, 1.807) is 11.3 Å². The molecule has 7 heteroatoms. The fraction of sp³-hybridized carbons (Fsp3) is 0.500. The van der Waals surface area contributed by atoms with Gasteiger partial charge in [0.25, 0.3) is 0 Å². The van der Waals surface area contributed by atoms with Gasteiger partial charge in [-0.3, -0.25) is 4.31 Å². The van der Waals surface area contributed by atoms with E-state index >= 15 is 0 Å². The minimum Gasteiger partial charge on any atom is -0.348 e. The summed E-state index contributed by atoms with van der Waals surface area (Å²) in [6.45, 7) is 4.15. The van der Waals surface area contributed by atoms with Gasteiger partial charge in [-0.2, -0.15) is 0 Å². The van der Waals surface area contributed by atoms with Crippen molar-refractivity contribution in [1.82, 2.24) is 4.98 Å². The first-order valence-corrected chi connectivity index (χ1v) is 11.5. The maximum absolute atomic E-state index is 12.0. The highest BCUT2D eigenvalue weighted by Crippen LogP contribution is 2.37. The number of sulfonamides is 1. The lowest BCUT2D eigenvalue weighted by molar-refractivity contribution is 0.577. The molecule has 2 aliphatic rings. The molecule has 0 spiro atoms. The molecule has 0 N–H and O–H groups in total. The molecule has 5 nitrogen and oxygen atoms in total. The van der Waals surface area contributed by atoms with Crippen LogP contribution in [-0.4, -0.2) is 38.8 Å². The van der Waals surface area contributed by atoms with Gasteiger partial charge in [0, 0.05) is 30.1 Å². The molecule has 134 valence electrons. The second-order valence-electron chi connectivity index (χ2n) is 7.02. The average Bonchev–Trinajstić information content (AvgIpc) is 3.18. The normalized spacial score (nSPS) is 20.8. The minimum atomic E-state index is -3.24. The van der Waals surface area contributed by atoms with E-state index in [4.69, 9.17) is 4.98 Å². The number of piperidine rings is 1. The molecule has 0 radical (unpaired) electrons. The number of thiazole rings is 1. The van der Waals surface area contributed by atoms with E-state index in [1.165, 1.54) is 29.8 Å². The SMILES string of the molecule is CC1Cc2cc(-c3csc(N4CCCCC4)n3)ccc2N1S(C)(=O)=O. The van der Waals surface area contributed by atoms with E-state index in [1.807, 2.05) is 19.1 Å². The lowest BCUT2D eigenvalue weighted by Gasteiger charge is -2.25. The number of nitrogens with zero attached hydrogens (tertiary/aromatic N) is 3. The van der Waals surface area contributed by atoms with E-state index in [2.05, 4.69) is 16.3 Å². The van der Waals surface area contributed by atoms with Crippen LogP contribution in [0.5, 0.6) is 0 Å². The van der Waals surface area contributed by atoms with Crippen LogP contribution in [0.15, 0.2) is 23.6 Å². The maximum atomic E-state index is 12.0. The topological polar surface area (TPSA) is 53.5 Å². The van der Waals surface area contributed by atoms with Crippen LogP contribution in [0.1, 0.15) is 31.7 Å². The number of fused-ring (bicyclic) bond motifs is 1. The number of rotatable bonds is 3. The summed E-state index contributed by atoms with van der Waals surface area (Å²) >= 11 is 1.70. The second kappa shape index (κ2) is 6.29. The summed E-state index contributed by atoms with van der Waals surface area (Å²) in [4.78, 5) is 7.20. The summed E-state index contributed by atoms with van der Waals surface area (Å²) < 4.78 is 25.6. The molecule has 0 aliphatic carbocycles. The third kappa shape index (κ3) is 3.15. The van der Waals surface area contributed by atoms with Gasteiger partial charge in [-0.15, -0.1) is 11.3 Å². The van der Waals surface area contributed by atoms with Crippen LogP contribution in [0.4, 0.5) is 10.8 Å². The zero-order valence-corrected chi connectivity index (χ0v) is 16.2. The minimum absolute atomic E-state index is 0.0282. The molecule has 1 aromatic carbocycles. The molecule has 0 amide bonds. The van der Waals surface area contributed by atoms with Crippen molar-refractivity contribution in [3.63, 3.8) is 0 Å². The van der Waals surface area contributed by atoms with Gasteiger partial charge in [0.15, 0.2) is 5.13 Å². The van der Waals surface area contributed by atoms with Gasteiger partial charge < -0.3 is 4.90 Å². The molecule has 3 heterocycles. The molecule has 1 fully saturated rings. The molecule has 0 saturated carbocycles. The smallest absolute Gasteiger partial charge is 0.232 e. The zero-order valence-electron chi connectivity index (χ0n) is 14.6. The fourth-order valence-electron chi connectivity index (χ4n) is 3.89. The fourth-order valence-corrected chi connectivity index (χ4v) is 6.05. The number of hydrogen-bond acceptors (Lipinski definition) is 5. The Bertz CT molecular complexity index is 885. The van der Waals surface area contributed by atoms with Crippen LogP contribution in [0, 0.1) is 0 Å². The van der Waals surface area contributed by atoms with Gasteiger partial charge in [-0.1, -0.05) is 6.07 Å².